The minimum Gasteiger partial charge on any atom is -0.0788 e. The van der Waals surface area contributed by atoms with Crippen LogP contribution in [0.3, 0.4) is 0 Å². The maximum atomic E-state index is 2.68. The van der Waals surface area contributed by atoms with Gasteiger partial charge in [-0.3, -0.25) is 0 Å². The zero-order chi connectivity index (χ0) is 10.8. The fourth-order valence-corrected chi connectivity index (χ4v) is 5.36. The highest BCUT2D eigenvalue weighted by molar-refractivity contribution is 5.27. The fourth-order valence-electron chi connectivity index (χ4n) is 5.36. The molecular weight excluding hydrogens is 180 g/mol. The highest BCUT2D eigenvalue weighted by atomic mass is 14.7. The maximum absolute atomic E-state index is 2.68. The molecule has 0 bridgehead atoms. The largest absolute Gasteiger partial charge is 0.0788 e. The standard InChI is InChI=1S/C15H24/c1-10-5-12-9-14(3,4)13-6-11(2)8-15(12,13)7-10/h7,11-13H,5-6,8-9H2,1-4H3/t11-,12-,13-,15?/m0/s1. The molecule has 0 nitrogen and oxygen atoms in total. The first-order valence-corrected chi connectivity index (χ1v) is 6.62. The van der Waals surface area contributed by atoms with E-state index in [1.807, 2.05) is 0 Å². The molecule has 1 unspecified atom stereocenters. The Kier molecular flexibility index (Phi) is 1.79. The number of hydrogen-bond acceptors (Lipinski definition) is 0. The van der Waals surface area contributed by atoms with Crippen LogP contribution in [0, 0.1) is 28.6 Å². The summed E-state index contributed by atoms with van der Waals surface area (Å²) >= 11 is 0. The van der Waals surface area contributed by atoms with Gasteiger partial charge in [0.25, 0.3) is 0 Å². The molecule has 3 rings (SSSR count). The highest BCUT2D eigenvalue weighted by Crippen LogP contribution is 2.70. The van der Waals surface area contributed by atoms with Gasteiger partial charge >= 0.3 is 0 Å². The molecule has 15 heavy (non-hydrogen) atoms. The third-order valence-corrected chi connectivity index (χ3v) is 5.55. The Morgan fingerprint density at radius 1 is 1.27 bits per heavy atom. The Bertz CT molecular complexity index is 323. The molecule has 0 heteroatoms. The van der Waals surface area contributed by atoms with Crippen molar-refractivity contribution < 1.29 is 0 Å². The van der Waals surface area contributed by atoms with Gasteiger partial charge in [0.1, 0.15) is 0 Å². The van der Waals surface area contributed by atoms with Gasteiger partial charge in [-0.05, 0) is 61.2 Å². The van der Waals surface area contributed by atoms with E-state index in [9.17, 15) is 0 Å². The Morgan fingerprint density at radius 2 is 2.00 bits per heavy atom. The molecule has 0 aromatic rings. The van der Waals surface area contributed by atoms with Crippen LogP contribution < -0.4 is 0 Å². The predicted octanol–water partition coefficient (Wildman–Crippen LogP) is 4.42. The first-order chi connectivity index (χ1) is 6.94. The molecule has 0 aliphatic heterocycles. The van der Waals surface area contributed by atoms with E-state index in [1.54, 1.807) is 5.57 Å². The first kappa shape index (κ1) is 9.93. The molecule has 3 aliphatic carbocycles. The summed E-state index contributed by atoms with van der Waals surface area (Å²) in [5.74, 6) is 2.92. The number of rotatable bonds is 0. The molecular formula is C15H24. The molecule has 0 aromatic carbocycles. The fraction of sp³-hybridized carbons (Fsp3) is 0.867. The highest BCUT2D eigenvalue weighted by Gasteiger charge is 2.61. The van der Waals surface area contributed by atoms with E-state index in [-0.39, 0.29) is 0 Å². The van der Waals surface area contributed by atoms with Crippen LogP contribution in [0.25, 0.3) is 0 Å². The third-order valence-electron chi connectivity index (χ3n) is 5.55. The number of hydrogen-bond donors (Lipinski definition) is 0. The summed E-state index contributed by atoms with van der Waals surface area (Å²) in [6, 6.07) is 0. The van der Waals surface area contributed by atoms with Crippen molar-refractivity contribution in [2.75, 3.05) is 0 Å². The Hall–Kier alpha value is -0.260. The van der Waals surface area contributed by atoms with Crippen LogP contribution in [0.1, 0.15) is 53.4 Å². The second-order valence-electron chi connectivity index (χ2n) is 7.29. The molecule has 0 heterocycles. The normalized spacial score (nSPS) is 51.5. The van der Waals surface area contributed by atoms with Crippen molar-refractivity contribution in [1.29, 1.82) is 0 Å². The van der Waals surface area contributed by atoms with Crippen molar-refractivity contribution in [3.8, 4) is 0 Å². The van der Waals surface area contributed by atoms with Crippen molar-refractivity contribution in [2.45, 2.75) is 53.4 Å². The van der Waals surface area contributed by atoms with Gasteiger partial charge in [0, 0.05) is 0 Å². The summed E-state index contributed by atoms with van der Waals surface area (Å²) in [5, 5.41) is 0. The van der Waals surface area contributed by atoms with Crippen LogP contribution in [0.15, 0.2) is 11.6 Å². The van der Waals surface area contributed by atoms with E-state index in [0.29, 0.717) is 10.8 Å². The molecule has 1 spiro atoms. The summed E-state index contributed by atoms with van der Waals surface area (Å²) in [7, 11) is 0. The van der Waals surface area contributed by atoms with Crippen LogP contribution in [0.5, 0.6) is 0 Å². The van der Waals surface area contributed by atoms with Crippen molar-refractivity contribution in [2.24, 2.45) is 28.6 Å². The third kappa shape index (κ3) is 1.14. The van der Waals surface area contributed by atoms with E-state index in [0.717, 1.165) is 17.8 Å². The van der Waals surface area contributed by atoms with Crippen LogP contribution >= 0.6 is 0 Å². The SMILES string of the molecule is CC1=CC23C[C@@H](C)C[C@H]2C(C)(C)C[C@@H]3C1. The van der Waals surface area contributed by atoms with Crippen LogP contribution in [-0.4, -0.2) is 0 Å². The second kappa shape index (κ2) is 2.70. The molecule has 0 amide bonds. The van der Waals surface area contributed by atoms with Crippen LogP contribution in [-0.2, 0) is 0 Å². The summed E-state index contributed by atoms with van der Waals surface area (Å²) in [6.45, 7) is 9.83. The van der Waals surface area contributed by atoms with Gasteiger partial charge < -0.3 is 0 Å². The topological polar surface area (TPSA) is 0 Å². The average molecular weight is 204 g/mol. The zero-order valence-electron chi connectivity index (χ0n) is 10.6. The lowest BCUT2D eigenvalue weighted by Gasteiger charge is -2.32. The number of allylic oxidation sites excluding steroid dienone is 2. The first-order valence-electron chi connectivity index (χ1n) is 6.62. The lowest BCUT2D eigenvalue weighted by Crippen LogP contribution is -2.26. The van der Waals surface area contributed by atoms with Crippen molar-refractivity contribution in [3.05, 3.63) is 11.6 Å². The molecule has 0 saturated heterocycles. The molecule has 3 aliphatic rings. The lowest BCUT2D eigenvalue weighted by molar-refractivity contribution is 0.194. The van der Waals surface area contributed by atoms with Crippen LogP contribution in [0.2, 0.25) is 0 Å². The van der Waals surface area contributed by atoms with Crippen molar-refractivity contribution in [1.82, 2.24) is 0 Å². The van der Waals surface area contributed by atoms with Crippen LogP contribution in [0.4, 0.5) is 0 Å². The predicted molar refractivity (Wildman–Crippen MR) is 64.6 cm³/mol. The molecule has 2 saturated carbocycles. The maximum Gasteiger partial charge on any atom is -0.00482 e. The smallest absolute Gasteiger partial charge is 0.00482 e. The van der Waals surface area contributed by atoms with Gasteiger partial charge in [-0.15, -0.1) is 0 Å². The summed E-state index contributed by atoms with van der Waals surface area (Å²) in [4.78, 5) is 0. The quantitative estimate of drug-likeness (QED) is 0.513. The Morgan fingerprint density at radius 3 is 2.73 bits per heavy atom. The minimum absolute atomic E-state index is 0.604. The average Bonchev–Trinajstić information content (AvgIpc) is 2.59. The summed E-state index contributed by atoms with van der Waals surface area (Å²) in [5.41, 5.74) is 2.91. The van der Waals surface area contributed by atoms with Gasteiger partial charge in [0.2, 0.25) is 0 Å². The summed E-state index contributed by atoms with van der Waals surface area (Å²) in [6.07, 6.45) is 8.50. The monoisotopic (exact) mass is 204 g/mol. The van der Waals surface area contributed by atoms with E-state index in [2.05, 4.69) is 33.8 Å². The minimum atomic E-state index is 0.604. The molecule has 0 N–H and O–H groups in total. The molecule has 2 fully saturated rings. The van der Waals surface area contributed by atoms with Gasteiger partial charge in [-0.1, -0.05) is 32.4 Å². The van der Waals surface area contributed by atoms with Gasteiger partial charge in [0.05, 0.1) is 0 Å². The Balaban J connectivity index is 2.05. The second-order valence-corrected chi connectivity index (χ2v) is 7.29. The van der Waals surface area contributed by atoms with E-state index in [1.165, 1.54) is 25.7 Å². The Labute approximate surface area is 94.1 Å². The van der Waals surface area contributed by atoms with E-state index in [4.69, 9.17) is 0 Å². The zero-order valence-corrected chi connectivity index (χ0v) is 10.6. The van der Waals surface area contributed by atoms with E-state index < -0.39 is 0 Å². The van der Waals surface area contributed by atoms with Gasteiger partial charge in [-0.2, -0.15) is 0 Å². The van der Waals surface area contributed by atoms with Crippen molar-refractivity contribution >= 4 is 0 Å². The van der Waals surface area contributed by atoms with E-state index >= 15 is 0 Å². The molecule has 84 valence electrons. The molecule has 0 radical (unpaired) electrons. The van der Waals surface area contributed by atoms with Gasteiger partial charge in [0.15, 0.2) is 0 Å². The lowest BCUT2D eigenvalue weighted by atomic mass is 9.72. The molecule has 0 aromatic heterocycles. The van der Waals surface area contributed by atoms with Gasteiger partial charge in [-0.25, -0.2) is 0 Å². The summed E-state index contributed by atoms with van der Waals surface area (Å²) < 4.78 is 0. The van der Waals surface area contributed by atoms with Crippen molar-refractivity contribution in [3.63, 3.8) is 0 Å². The molecule has 4 atom stereocenters.